The van der Waals surface area contributed by atoms with Crippen molar-refractivity contribution in [3.05, 3.63) is 35.4 Å². The Morgan fingerprint density at radius 3 is 2.44 bits per heavy atom. The van der Waals surface area contributed by atoms with E-state index in [9.17, 15) is 18.0 Å². The molecule has 1 aliphatic rings. The number of unbranched alkanes of at least 4 members (excludes halogenated alkanes) is 1. The predicted octanol–water partition coefficient (Wildman–Crippen LogP) is 5.11. The second-order valence-corrected chi connectivity index (χ2v) is 7.64. The monoisotopic (exact) mass is 385 g/mol. The van der Waals surface area contributed by atoms with Crippen molar-refractivity contribution in [2.45, 2.75) is 77.1 Å². The van der Waals surface area contributed by atoms with Crippen LogP contribution in [-0.2, 0) is 22.1 Å². The number of carbonyl (C=O) groups is 1. The molecule has 3 nitrogen and oxygen atoms in total. The van der Waals surface area contributed by atoms with Crippen LogP contribution in [0.4, 0.5) is 13.2 Å². The Balaban J connectivity index is 2.19. The summed E-state index contributed by atoms with van der Waals surface area (Å²) >= 11 is 0. The van der Waals surface area contributed by atoms with E-state index >= 15 is 0 Å². The SMILES string of the molecule is CCCC[C@@H]1[C@@H](Cc2ccc(C(F)(F)F)cc2)CCC[C@H](N)C(=O)O[C@H]1C. The third-order valence-corrected chi connectivity index (χ3v) is 5.57. The minimum absolute atomic E-state index is 0.182. The van der Waals surface area contributed by atoms with Gasteiger partial charge in [-0.3, -0.25) is 4.79 Å². The van der Waals surface area contributed by atoms with Crippen molar-refractivity contribution in [1.82, 2.24) is 0 Å². The summed E-state index contributed by atoms with van der Waals surface area (Å²) in [6, 6.07) is 4.82. The van der Waals surface area contributed by atoms with Crippen molar-refractivity contribution in [3.8, 4) is 0 Å². The first-order valence-corrected chi connectivity index (χ1v) is 9.84. The lowest BCUT2D eigenvalue weighted by Crippen LogP contribution is -2.36. The third kappa shape index (κ3) is 6.23. The first kappa shape index (κ1) is 21.7. The first-order valence-electron chi connectivity index (χ1n) is 9.84. The van der Waals surface area contributed by atoms with Gasteiger partial charge in [0.2, 0.25) is 0 Å². The number of cyclic esters (lactones) is 1. The number of halogens is 3. The number of carbonyl (C=O) groups excluding carboxylic acids is 1. The number of hydrogen-bond donors (Lipinski definition) is 1. The highest BCUT2D eigenvalue weighted by Gasteiger charge is 2.33. The van der Waals surface area contributed by atoms with E-state index in [0.29, 0.717) is 12.8 Å². The maximum Gasteiger partial charge on any atom is 0.416 e. The van der Waals surface area contributed by atoms with Crippen molar-refractivity contribution >= 4 is 5.97 Å². The first-order chi connectivity index (χ1) is 12.7. The molecular formula is C21H30F3NO2. The molecule has 0 aromatic heterocycles. The Morgan fingerprint density at radius 2 is 1.85 bits per heavy atom. The molecule has 1 aromatic rings. The smallest absolute Gasteiger partial charge is 0.416 e. The molecule has 4 atom stereocenters. The second-order valence-electron chi connectivity index (χ2n) is 7.64. The van der Waals surface area contributed by atoms with Crippen molar-refractivity contribution in [2.75, 3.05) is 0 Å². The number of esters is 1. The zero-order chi connectivity index (χ0) is 20.0. The molecule has 152 valence electrons. The summed E-state index contributed by atoms with van der Waals surface area (Å²) in [5, 5.41) is 0. The number of hydrogen-bond acceptors (Lipinski definition) is 3. The Kier molecular flexibility index (Phi) is 7.71. The maximum atomic E-state index is 12.8. The molecule has 0 saturated carbocycles. The lowest BCUT2D eigenvalue weighted by Gasteiger charge is -2.31. The van der Waals surface area contributed by atoms with Gasteiger partial charge in [0.05, 0.1) is 5.56 Å². The van der Waals surface area contributed by atoms with Crippen LogP contribution < -0.4 is 5.73 Å². The Bertz CT molecular complexity index is 600. The molecular weight excluding hydrogens is 355 g/mol. The van der Waals surface area contributed by atoms with Crippen LogP contribution in [0.5, 0.6) is 0 Å². The normalized spacial score (nSPS) is 27.4. The van der Waals surface area contributed by atoms with Crippen LogP contribution in [0.1, 0.15) is 63.5 Å². The van der Waals surface area contributed by atoms with E-state index in [1.165, 1.54) is 0 Å². The second kappa shape index (κ2) is 9.58. The highest BCUT2D eigenvalue weighted by Crippen LogP contribution is 2.34. The van der Waals surface area contributed by atoms with Gasteiger partial charge in [0.1, 0.15) is 12.1 Å². The molecule has 0 amide bonds. The summed E-state index contributed by atoms with van der Waals surface area (Å²) in [7, 11) is 0. The Labute approximate surface area is 159 Å². The van der Waals surface area contributed by atoms with E-state index in [2.05, 4.69) is 6.92 Å². The van der Waals surface area contributed by atoms with Gasteiger partial charge in [-0.25, -0.2) is 0 Å². The fourth-order valence-corrected chi connectivity index (χ4v) is 3.97. The lowest BCUT2D eigenvalue weighted by atomic mass is 9.78. The van der Waals surface area contributed by atoms with Gasteiger partial charge < -0.3 is 10.5 Å². The van der Waals surface area contributed by atoms with Crippen LogP contribution in [0.2, 0.25) is 0 Å². The molecule has 1 aliphatic heterocycles. The fourth-order valence-electron chi connectivity index (χ4n) is 3.97. The molecule has 1 aromatic carbocycles. The van der Waals surface area contributed by atoms with Gasteiger partial charge >= 0.3 is 12.1 Å². The van der Waals surface area contributed by atoms with E-state index < -0.39 is 17.8 Å². The van der Waals surface area contributed by atoms with E-state index in [-0.39, 0.29) is 23.9 Å². The third-order valence-electron chi connectivity index (χ3n) is 5.57. The molecule has 0 aliphatic carbocycles. The zero-order valence-corrected chi connectivity index (χ0v) is 16.1. The summed E-state index contributed by atoms with van der Waals surface area (Å²) < 4.78 is 44.0. The van der Waals surface area contributed by atoms with E-state index in [1.807, 2.05) is 6.92 Å². The van der Waals surface area contributed by atoms with E-state index in [1.54, 1.807) is 12.1 Å². The topological polar surface area (TPSA) is 52.3 Å². The van der Waals surface area contributed by atoms with Crippen LogP contribution >= 0.6 is 0 Å². The summed E-state index contributed by atoms with van der Waals surface area (Å²) in [4.78, 5) is 12.1. The largest absolute Gasteiger partial charge is 0.461 e. The quantitative estimate of drug-likeness (QED) is 0.716. The van der Waals surface area contributed by atoms with Crippen molar-refractivity contribution in [1.29, 1.82) is 0 Å². The van der Waals surface area contributed by atoms with Crippen molar-refractivity contribution < 1.29 is 22.7 Å². The summed E-state index contributed by atoms with van der Waals surface area (Å²) in [5.41, 5.74) is 6.16. The van der Waals surface area contributed by atoms with Gasteiger partial charge in [-0.1, -0.05) is 38.3 Å². The number of ether oxygens (including phenoxy) is 1. The highest BCUT2D eigenvalue weighted by atomic mass is 19.4. The molecule has 6 heteroatoms. The van der Waals surface area contributed by atoms with E-state index in [4.69, 9.17) is 10.5 Å². The molecule has 0 radical (unpaired) electrons. The highest BCUT2D eigenvalue weighted by molar-refractivity contribution is 5.75. The lowest BCUT2D eigenvalue weighted by molar-refractivity contribution is -0.153. The molecule has 0 spiro atoms. The predicted molar refractivity (Wildman–Crippen MR) is 99.0 cm³/mol. The number of alkyl halides is 3. The van der Waals surface area contributed by atoms with Crippen LogP contribution in [-0.4, -0.2) is 18.1 Å². The Hall–Kier alpha value is -1.56. The summed E-state index contributed by atoms with van der Waals surface area (Å²) in [6.45, 7) is 4.03. The summed E-state index contributed by atoms with van der Waals surface area (Å²) in [6.07, 6.45) is 1.42. The average Bonchev–Trinajstić information content (AvgIpc) is 2.64. The number of rotatable bonds is 5. The standard InChI is InChI=1S/C21H30F3NO2/c1-3-4-7-18-14(2)27-20(26)19(25)8-5-6-16(18)13-15-9-11-17(12-10-15)21(22,23)24/h9-12,14,16,18-19H,3-8,13,25H2,1-2H3/t14-,16+,18-,19-/m0/s1. The molecule has 0 unspecified atom stereocenters. The molecule has 0 bridgehead atoms. The van der Waals surface area contributed by atoms with Crippen LogP contribution in [0, 0.1) is 11.8 Å². The van der Waals surface area contributed by atoms with Gasteiger partial charge in [-0.15, -0.1) is 0 Å². The fraction of sp³-hybridized carbons (Fsp3) is 0.667. The minimum Gasteiger partial charge on any atom is -0.461 e. The molecule has 1 saturated heterocycles. The van der Waals surface area contributed by atoms with Gasteiger partial charge in [-0.05, 0) is 62.1 Å². The molecule has 2 N–H and O–H groups in total. The Morgan fingerprint density at radius 1 is 1.19 bits per heavy atom. The molecule has 1 fully saturated rings. The van der Waals surface area contributed by atoms with Gasteiger partial charge in [0.25, 0.3) is 0 Å². The van der Waals surface area contributed by atoms with Crippen molar-refractivity contribution in [3.63, 3.8) is 0 Å². The molecule has 27 heavy (non-hydrogen) atoms. The molecule has 2 rings (SSSR count). The van der Waals surface area contributed by atoms with Crippen molar-refractivity contribution in [2.24, 2.45) is 17.6 Å². The van der Waals surface area contributed by atoms with Gasteiger partial charge in [-0.2, -0.15) is 13.2 Å². The average molecular weight is 385 g/mol. The van der Waals surface area contributed by atoms with Crippen LogP contribution in [0.3, 0.4) is 0 Å². The molecule has 1 heterocycles. The van der Waals surface area contributed by atoms with E-state index in [0.717, 1.165) is 49.8 Å². The van der Waals surface area contributed by atoms with Crippen LogP contribution in [0.25, 0.3) is 0 Å². The summed E-state index contributed by atoms with van der Waals surface area (Å²) in [5.74, 6) is 0.0852. The number of nitrogens with two attached hydrogens (primary N) is 1. The number of benzene rings is 1. The van der Waals surface area contributed by atoms with Gasteiger partial charge in [0, 0.05) is 0 Å². The zero-order valence-electron chi connectivity index (χ0n) is 16.1. The van der Waals surface area contributed by atoms with Gasteiger partial charge in [0.15, 0.2) is 0 Å². The minimum atomic E-state index is -4.32. The van der Waals surface area contributed by atoms with Crippen LogP contribution in [0.15, 0.2) is 24.3 Å². The maximum absolute atomic E-state index is 12.8.